The third-order valence-corrected chi connectivity index (χ3v) is 4.99. The lowest BCUT2D eigenvalue weighted by Gasteiger charge is -2.20. The number of hydrogen-bond donors (Lipinski definition) is 1. The van der Waals surface area contributed by atoms with Crippen molar-refractivity contribution < 1.29 is 0 Å². The Balaban J connectivity index is 1.56. The van der Waals surface area contributed by atoms with Gasteiger partial charge >= 0.3 is 0 Å². The van der Waals surface area contributed by atoms with Gasteiger partial charge in [0.25, 0.3) is 0 Å². The molecule has 0 aliphatic heterocycles. The predicted octanol–water partition coefficient (Wildman–Crippen LogP) is 3.83. The molecule has 3 rings (SSSR count). The molecule has 0 radical (unpaired) electrons. The van der Waals surface area contributed by atoms with E-state index in [2.05, 4.69) is 29.8 Å². The average molecular weight is 235 g/mol. The largest absolute Gasteiger partial charge is 0.309 e. The zero-order valence-electron chi connectivity index (χ0n) is 9.99. The van der Waals surface area contributed by atoms with Crippen LogP contribution in [0.3, 0.4) is 0 Å². The zero-order chi connectivity index (χ0) is 11.0. The first-order chi connectivity index (χ1) is 7.84. The molecule has 0 saturated heterocycles. The molecule has 1 N–H and O–H groups in total. The molecular formula is C14H21NS. The summed E-state index contributed by atoms with van der Waals surface area (Å²) in [4.78, 5) is 1.55. The minimum Gasteiger partial charge on any atom is -0.309 e. The van der Waals surface area contributed by atoms with Crippen LogP contribution in [0.5, 0.6) is 0 Å². The fraction of sp³-hybridized carbons (Fsp3) is 0.714. The van der Waals surface area contributed by atoms with Crippen molar-refractivity contribution in [3.8, 4) is 0 Å². The Hall–Kier alpha value is -0.340. The molecule has 1 aromatic rings. The van der Waals surface area contributed by atoms with Crippen LogP contribution < -0.4 is 5.32 Å². The van der Waals surface area contributed by atoms with Crippen molar-refractivity contribution in [2.45, 2.75) is 38.6 Å². The fourth-order valence-corrected chi connectivity index (χ4v) is 3.44. The van der Waals surface area contributed by atoms with Gasteiger partial charge in [-0.05, 0) is 61.4 Å². The van der Waals surface area contributed by atoms with Crippen molar-refractivity contribution in [3.05, 3.63) is 22.4 Å². The lowest BCUT2D eigenvalue weighted by Crippen LogP contribution is -2.27. The van der Waals surface area contributed by atoms with Crippen LogP contribution in [-0.2, 0) is 0 Å². The average Bonchev–Trinajstić information content (AvgIpc) is 3.18. The topological polar surface area (TPSA) is 12.0 Å². The van der Waals surface area contributed by atoms with Gasteiger partial charge in [-0.2, -0.15) is 0 Å². The van der Waals surface area contributed by atoms with E-state index >= 15 is 0 Å². The van der Waals surface area contributed by atoms with Crippen LogP contribution in [0.2, 0.25) is 0 Å². The highest BCUT2D eigenvalue weighted by molar-refractivity contribution is 7.10. The highest BCUT2D eigenvalue weighted by Crippen LogP contribution is 2.43. The molecule has 2 saturated carbocycles. The minimum absolute atomic E-state index is 0.654. The van der Waals surface area contributed by atoms with E-state index in [-0.39, 0.29) is 0 Å². The normalized spacial score (nSPS) is 24.3. The molecule has 2 fully saturated rings. The molecule has 2 aliphatic rings. The molecule has 0 spiro atoms. The van der Waals surface area contributed by atoms with E-state index in [4.69, 9.17) is 0 Å². The van der Waals surface area contributed by atoms with Gasteiger partial charge in [0.05, 0.1) is 0 Å². The molecule has 1 heterocycles. The van der Waals surface area contributed by atoms with Crippen LogP contribution in [0.25, 0.3) is 0 Å². The molecule has 16 heavy (non-hydrogen) atoms. The molecule has 88 valence electrons. The first-order valence-electron chi connectivity index (χ1n) is 6.61. The molecular weight excluding hydrogens is 214 g/mol. The molecule has 2 aliphatic carbocycles. The van der Waals surface area contributed by atoms with Crippen molar-refractivity contribution in [2.24, 2.45) is 17.8 Å². The summed E-state index contributed by atoms with van der Waals surface area (Å²) in [5.41, 5.74) is 0. The Bertz CT molecular complexity index is 325. The molecule has 1 aromatic heterocycles. The third-order valence-electron chi connectivity index (χ3n) is 4.03. The van der Waals surface area contributed by atoms with E-state index in [9.17, 15) is 0 Å². The SMILES string of the molecule is CC(CNC(c1cccs1)C1CC1)C1CC1. The summed E-state index contributed by atoms with van der Waals surface area (Å²) in [5, 5.41) is 6.02. The monoisotopic (exact) mass is 235 g/mol. The summed E-state index contributed by atoms with van der Waals surface area (Å²) in [6, 6.07) is 5.13. The van der Waals surface area contributed by atoms with Crippen molar-refractivity contribution in [1.29, 1.82) is 0 Å². The maximum atomic E-state index is 3.82. The fourth-order valence-electron chi connectivity index (χ4n) is 2.54. The van der Waals surface area contributed by atoms with Gasteiger partial charge in [0.15, 0.2) is 0 Å². The lowest BCUT2D eigenvalue weighted by atomic mass is 10.0. The first kappa shape index (κ1) is 10.8. The van der Waals surface area contributed by atoms with Crippen LogP contribution in [0.15, 0.2) is 17.5 Å². The summed E-state index contributed by atoms with van der Waals surface area (Å²) < 4.78 is 0. The quantitative estimate of drug-likeness (QED) is 0.790. The van der Waals surface area contributed by atoms with Crippen LogP contribution in [0.4, 0.5) is 0 Å². The summed E-state index contributed by atoms with van der Waals surface area (Å²) in [6.45, 7) is 3.62. The van der Waals surface area contributed by atoms with Crippen molar-refractivity contribution >= 4 is 11.3 Å². The summed E-state index contributed by atoms with van der Waals surface area (Å²) in [7, 11) is 0. The lowest BCUT2D eigenvalue weighted by molar-refractivity contribution is 0.401. The van der Waals surface area contributed by atoms with Crippen LogP contribution in [0.1, 0.15) is 43.5 Å². The Labute approximate surface area is 102 Å². The minimum atomic E-state index is 0.654. The van der Waals surface area contributed by atoms with E-state index < -0.39 is 0 Å². The van der Waals surface area contributed by atoms with Crippen molar-refractivity contribution in [2.75, 3.05) is 6.54 Å². The number of hydrogen-bond acceptors (Lipinski definition) is 2. The molecule has 0 bridgehead atoms. The molecule has 0 amide bonds. The molecule has 2 atom stereocenters. The zero-order valence-corrected chi connectivity index (χ0v) is 10.8. The molecule has 1 nitrogen and oxygen atoms in total. The Kier molecular flexibility index (Phi) is 3.03. The summed E-state index contributed by atoms with van der Waals surface area (Å²) >= 11 is 1.91. The van der Waals surface area contributed by atoms with Gasteiger partial charge in [0, 0.05) is 10.9 Å². The maximum Gasteiger partial charge on any atom is 0.0443 e. The third kappa shape index (κ3) is 2.49. The second kappa shape index (κ2) is 4.50. The second-order valence-electron chi connectivity index (χ2n) is 5.55. The van der Waals surface area contributed by atoms with Gasteiger partial charge < -0.3 is 5.32 Å². The van der Waals surface area contributed by atoms with E-state index in [1.54, 1.807) is 4.88 Å². The number of nitrogens with one attached hydrogen (secondary N) is 1. The second-order valence-corrected chi connectivity index (χ2v) is 6.53. The van der Waals surface area contributed by atoms with Gasteiger partial charge in [0.2, 0.25) is 0 Å². The highest BCUT2D eigenvalue weighted by Gasteiger charge is 2.34. The smallest absolute Gasteiger partial charge is 0.0443 e. The van der Waals surface area contributed by atoms with Crippen molar-refractivity contribution in [1.82, 2.24) is 5.32 Å². The summed E-state index contributed by atoms with van der Waals surface area (Å²) in [5.74, 6) is 2.82. The number of rotatable bonds is 6. The summed E-state index contributed by atoms with van der Waals surface area (Å²) in [6.07, 6.45) is 5.78. The molecule has 2 unspecified atom stereocenters. The number of thiophene rings is 1. The van der Waals surface area contributed by atoms with Gasteiger partial charge in [-0.15, -0.1) is 11.3 Å². The van der Waals surface area contributed by atoms with Gasteiger partial charge in [-0.25, -0.2) is 0 Å². The predicted molar refractivity (Wildman–Crippen MR) is 69.7 cm³/mol. The first-order valence-corrected chi connectivity index (χ1v) is 7.49. The standard InChI is InChI=1S/C14H21NS/c1-10(11-4-5-11)9-15-14(12-6-7-12)13-3-2-8-16-13/h2-3,8,10-12,14-15H,4-7,9H2,1H3. The Morgan fingerprint density at radius 2 is 2.06 bits per heavy atom. The van der Waals surface area contributed by atoms with E-state index in [0.717, 1.165) is 17.8 Å². The van der Waals surface area contributed by atoms with E-state index in [1.165, 1.54) is 32.2 Å². The van der Waals surface area contributed by atoms with Gasteiger partial charge in [-0.3, -0.25) is 0 Å². The Morgan fingerprint density at radius 3 is 2.62 bits per heavy atom. The molecule has 2 heteroatoms. The van der Waals surface area contributed by atoms with E-state index in [0.29, 0.717) is 6.04 Å². The van der Waals surface area contributed by atoms with Gasteiger partial charge in [-0.1, -0.05) is 13.0 Å². The van der Waals surface area contributed by atoms with Gasteiger partial charge in [0.1, 0.15) is 0 Å². The van der Waals surface area contributed by atoms with Crippen LogP contribution in [0, 0.1) is 17.8 Å². The van der Waals surface area contributed by atoms with Crippen LogP contribution >= 0.6 is 11.3 Å². The van der Waals surface area contributed by atoms with Crippen molar-refractivity contribution in [3.63, 3.8) is 0 Å². The van der Waals surface area contributed by atoms with Crippen LogP contribution in [-0.4, -0.2) is 6.54 Å². The van der Waals surface area contributed by atoms with E-state index in [1.807, 2.05) is 11.3 Å². The Morgan fingerprint density at radius 1 is 1.31 bits per heavy atom. The molecule has 0 aromatic carbocycles. The maximum absolute atomic E-state index is 3.82. The highest BCUT2D eigenvalue weighted by atomic mass is 32.1.